The monoisotopic (exact) mass is 384 g/mol. The lowest BCUT2D eigenvalue weighted by Crippen LogP contribution is -2.52. The third-order valence-corrected chi connectivity index (χ3v) is 13.5. The maximum absolute atomic E-state index is 11.7. The molecule has 0 atom stereocenters. The molecule has 8 heteroatoms. The molecular formula is C12H16O2S6. The number of thioether (sulfide) groups is 6. The summed E-state index contributed by atoms with van der Waals surface area (Å²) in [5.41, 5.74) is 0.469. The summed E-state index contributed by atoms with van der Waals surface area (Å²) < 4.78 is 5.82. The van der Waals surface area contributed by atoms with Gasteiger partial charge in [0.2, 0.25) is 0 Å². The minimum atomic E-state index is -0.282. The minimum Gasteiger partial charge on any atom is -0.459 e. The van der Waals surface area contributed by atoms with Crippen LogP contribution in [0.4, 0.5) is 0 Å². The van der Waals surface area contributed by atoms with E-state index in [1.165, 1.54) is 0 Å². The van der Waals surface area contributed by atoms with Crippen LogP contribution >= 0.6 is 70.6 Å². The Bertz CT molecular complexity index is 439. The molecule has 4 saturated heterocycles. The lowest BCUT2D eigenvalue weighted by Gasteiger charge is -2.64. The van der Waals surface area contributed by atoms with E-state index in [-0.39, 0.29) is 19.6 Å². The van der Waals surface area contributed by atoms with Crippen LogP contribution in [-0.4, -0.2) is 26.2 Å². The first-order chi connectivity index (χ1) is 9.07. The van der Waals surface area contributed by atoms with Crippen molar-refractivity contribution >= 4 is 76.5 Å². The van der Waals surface area contributed by atoms with E-state index in [0.29, 0.717) is 12.2 Å². The Morgan fingerprint density at radius 1 is 0.950 bits per heavy atom. The highest BCUT2D eigenvalue weighted by Gasteiger charge is 2.68. The van der Waals surface area contributed by atoms with Gasteiger partial charge in [-0.15, -0.1) is 70.6 Å². The van der Waals surface area contributed by atoms with Crippen molar-refractivity contribution in [2.45, 2.75) is 41.3 Å². The summed E-state index contributed by atoms with van der Waals surface area (Å²) in [6.07, 6.45) is 0. The number of esters is 1. The number of rotatable bonds is 3. The van der Waals surface area contributed by atoms with E-state index >= 15 is 0 Å². The molecule has 2 nitrogen and oxygen atoms in total. The number of hydrogen-bond acceptors (Lipinski definition) is 8. The average Bonchev–Trinajstić information content (AvgIpc) is 2.18. The van der Waals surface area contributed by atoms with Gasteiger partial charge in [0.1, 0.15) is 20.3 Å². The largest absolute Gasteiger partial charge is 0.459 e. The number of ether oxygens (including phenoxy) is 1. The van der Waals surface area contributed by atoms with Crippen molar-refractivity contribution in [3.8, 4) is 0 Å². The second kappa shape index (κ2) is 4.90. The third kappa shape index (κ3) is 2.89. The first kappa shape index (κ1) is 16.2. The standard InChI is InChI=1S/C12H16O2S6/c1-7(2)8(13)14-6-12-18-9(3)15-10(4,19-12)17-11(5,16-9)20-12/h1,6H2,2-5H3. The molecule has 20 heavy (non-hydrogen) atoms. The normalized spacial score (nSPS) is 49.2. The van der Waals surface area contributed by atoms with Gasteiger partial charge in [-0.2, -0.15) is 0 Å². The van der Waals surface area contributed by atoms with E-state index in [4.69, 9.17) is 4.74 Å². The molecule has 0 aromatic heterocycles. The van der Waals surface area contributed by atoms with Crippen molar-refractivity contribution in [1.82, 2.24) is 0 Å². The van der Waals surface area contributed by atoms with E-state index in [9.17, 15) is 4.79 Å². The molecule has 0 amide bonds. The topological polar surface area (TPSA) is 26.3 Å². The molecule has 4 bridgehead atoms. The average molecular weight is 385 g/mol. The number of carbonyl (C=O) groups excluding carboxylic acids is 1. The van der Waals surface area contributed by atoms with Crippen LogP contribution in [0.1, 0.15) is 27.7 Å². The zero-order valence-electron chi connectivity index (χ0n) is 11.7. The van der Waals surface area contributed by atoms with E-state index < -0.39 is 0 Å². The third-order valence-electron chi connectivity index (χ3n) is 2.86. The van der Waals surface area contributed by atoms with Crippen LogP contribution < -0.4 is 0 Å². The summed E-state index contributed by atoms with van der Waals surface area (Å²) in [5.74, 6) is -0.282. The summed E-state index contributed by atoms with van der Waals surface area (Å²) in [6.45, 7) is 12.7. The van der Waals surface area contributed by atoms with Gasteiger partial charge in [0, 0.05) is 5.57 Å². The van der Waals surface area contributed by atoms with E-state index in [0.717, 1.165) is 0 Å². The van der Waals surface area contributed by atoms with E-state index in [1.54, 1.807) is 6.92 Å². The predicted molar refractivity (Wildman–Crippen MR) is 99.3 cm³/mol. The fourth-order valence-electron chi connectivity index (χ4n) is 2.47. The van der Waals surface area contributed by atoms with Crippen molar-refractivity contribution in [3.05, 3.63) is 12.2 Å². The smallest absolute Gasteiger partial charge is 0.333 e. The lowest BCUT2D eigenvalue weighted by molar-refractivity contribution is -0.138. The van der Waals surface area contributed by atoms with Crippen LogP contribution in [0.5, 0.6) is 0 Å². The van der Waals surface area contributed by atoms with Crippen molar-refractivity contribution in [2.24, 2.45) is 0 Å². The molecule has 112 valence electrons. The summed E-state index contributed by atoms with van der Waals surface area (Å²) >= 11 is 11.9. The molecule has 4 fully saturated rings. The second-order valence-electron chi connectivity index (χ2n) is 5.24. The Hall–Kier alpha value is 1.31. The Balaban J connectivity index is 1.83. The summed E-state index contributed by atoms with van der Waals surface area (Å²) in [6, 6.07) is 0. The van der Waals surface area contributed by atoms with Gasteiger partial charge in [0.25, 0.3) is 0 Å². The van der Waals surface area contributed by atoms with Gasteiger partial charge in [-0.3, -0.25) is 0 Å². The van der Waals surface area contributed by atoms with Gasteiger partial charge in [-0.25, -0.2) is 4.79 Å². The molecule has 0 radical (unpaired) electrons. The Morgan fingerprint density at radius 3 is 1.70 bits per heavy atom. The van der Waals surface area contributed by atoms with E-state index in [1.807, 2.05) is 70.6 Å². The van der Waals surface area contributed by atoms with Gasteiger partial charge in [0.15, 0.2) is 0 Å². The molecule has 0 aromatic carbocycles. The maximum Gasteiger partial charge on any atom is 0.333 e. The van der Waals surface area contributed by atoms with Crippen LogP contribution in [0, 0.1) is 0 Å². The zero-order chi connectivity index (χ0) is 14.8. The van der Waals surface area contributed by atoms with Crippen molar-refractivity contribution in [3.63, 3.8) is 0 Å². The summed E-state index contributed by atoms with van der Waals surface area (Å²) in [7, 11) is 0. The van der Waals surface area contributed by atoms with Crippen molar-refractivity contribution in [1.29, 1.82) is 0 Å². The summed E-state index contributed by atoms with van der Waals surface area (Å²) in [5, 5.41) is 0. The molecule has 0 aliphatic carbocycles. The maximum atomic E-state index is 11.7. The van der Waals surface area contributed by atoms with Gasteiger partial charge in [-0.1, -0.05) is 6.58 Å². The summed E-state index contributed by atoms with van der Waals surface area (Å²) in [4.78, 5) is 11.7. The first-order valence-corrected chi connectivity index (χ1v) is 11.0. The first-order valence-electron chi connectivity index (χ1n) is 6.10. The van der Waals surface area contributed by atoms with Crippen LogP contribution in [-0.2, 0) is 9.53 Å². The molecule has 0 saturated carbocycles. The fraction of sp³-hybridized carbons (Fsp3) is 0.750. The molecule has 4 aliphatic rings. The lowest BCUT2D eigenvalue weighted by atomic mass is 10.4. The van der Waals surface area contributed by atoms with E-state index in [2.05, 4.69) is 27.4 Å². The minimum absolute atomic E-state index is 0.0922. The van der Waals surface area contributed by atoms with Crippen LogP contribution in [0.15, 0.2) is 12.2 Å². The van der Waals surface area contributed by atoms with Crippen LogP contribution in [0.3, 0.4) is 0 Å². The highest BCUT2D eigenvalue weighted by molar-refractivity contribution is 8.64. The Kier molecular flexibility index (Phi) is 3.96. The van der Waals surface area contributed by atoms with Gasteiger partial charge < -0.3 is 4.74 Å². The van der Waals surface area contributed by atoms with Crippen molar-refractivity contribution < 1.29 is 9.53 Å². The SMILES string of the molecule is C=C(C)C(=O)OCC12SC3(C)SC(C)(SC(C)(S3)S1)S2. The van der Waals surface area contributed by atoms with Crippen molar-refractivity contribution in [2.75, 3.05) is 6.61 Å². The second-order valence-corrected chi connectivity index (χ2v) is 19.0. The highest BCUT2D eigenvalue weighted by atomic mass is 32.4. The molecule has 0 spiro atoms. The number of carbonyl (C=O) groups is 1. The predicted octanol–water partition coefficient (Wildman–Crippen LogP) is 5.22. The van der Waals surface area contributed by atoms with Gasteiger partial charge in [0.05, 0.1) is 0 Å². The zero-order valence-corrected chi connectivity index (χ0v) is 16.6. The fourth-order valence-corrected chi connectivity index (χ4v) is 23.9. The van der Waals surface area contributed by atoms with Gasteiger partial charge >= 0.3 is 5.97 Å². The molecule has 4 aliphatic heterocycles. The quantitative estimate of drug-likeness (QED) is 0.483. The molecule has 0 unspecified atom stereocenters. The van der Waals surface area contributed by atoms with Crippen LogP contribution in [0.25, 0.3) is 0 Å². The Labute approximate surface area is 145 Å². The molecule has 0 aromatic rings. The Morgan fingerprint density at radius 2 is 1.35 bits per heavy atom. The van der Waals surface area contributed by atoms with Crippen LogP contribution in [0.2, 0.25) is 0 Å². The number of hydrogen-bond donors (Lipinski definition) is 0. The molecular weight excluding hydrogens is 369 g/mol. The highest BCUT2D eigenvalue weighted by Crippen LogP contribution is 2.88. The molecule has 4 heterocycles. The molecule has 0 N–H and O–H groups in total. The molecule has 4 rings (SSSR count). The van der Waals surface area contributed by atoms with Gasteiger partial charge in [-0.05, 0) is 27.7 Å².